The fraction of sp³-hybridized carbons (Fsp3) is 0. The van der Waals surface area contributed by atoms with Gasteiger partial charge in [0.15, 0.2) is 0 Å². The minimum Gasteiger partial charge on any atom is -0.423 e. The second-order valence-corrected chi connectivity index (χ2v) is 4.29. The van der Waals surface area contributed by atoms with Crippen LogP contribution in [0.3, 0.4) is 0 Å². The van der Waals surface area contributed by atoms with E-state index < -0.39 is 29.6 Å². The molecule has 5 N–H and O–H groups in total. The lowest BCUT2D eigenvalue weighted by molar-refractivity contribution is 0.425. The summed E-state index contributed by atoms with van der Waals surface area (Å²) >= 11 is 0. The normalized spacial score (nSPS) is 9.86. The van der Waals surface area contributed by atoms with Crippen LogP contribution in [0.15, 0.2) is 23.0 Å². The summed E-state index contributed by atoms with van der Waals surface area (Å²) < 4.78 is 14.2. The number of nitrogens with two attached hydrogens (primary N) is 1. The molecule has 0 bridgehead atoms. The highest BCUT2D eigenvalue weighted by atomic mass is 19.1. The predicted molar refractivity (Wildman–Crippen MR) is 76.1 cm³/mol. The van der Waals surface area contributed by atoms with E-state index in [0.717, 1.165) is 6.07 Å². The summed E-state index contributed by atoms with van der Waals surface area (Å²) in [6, 6.07) is 6.68. The maximum Gasteiger partial charge on any atom is 0.489 e. The molecule has 0 saturated heterocycles. The molecule has 1 heterocycles. The van der Waals surface area contributed by atoms with Gasteiger partial charge >= 0.3 is 7.12 Å². The molecule has 0 aliphatic carbocycles. The molecule has 2 rings (SSSR count). The van der Waals surface area contributed by atoms with E-state index in [1.165, 1.54) is 12.1 Å². The zero-order valence-corrected chi connectivity index (χ0v) is 11.0. The first-order chi connectivity index (χ1) is 10.4. The van der Waals surface area contributed by atoms with Crippen LogP contribution in [0.2, 0.25) is 0 Å². The number of hydrogen-bond acceptors (Lipinski definition) is 6. The van der Waals surface area contributed by atoms with Crippen LogP contribution < -0.4 is 16.8 Å². The van der Waals surface area contributed by atoms with Gasteiger partial charge in [0, 0.05) is 11.1 Å². The number of aromatic amines is 1. The van der Waals surface area contributed by atoms with Crippen molar-refractivity contribution in [2.75, 3.05) is 5.73 Å². The molecule has 0 atom stereocenters. The molecule has 1 aromatic carbocycles. The van der Waals surface area contributed by atoms with E-state index in [1.807, 2.05) is 0 Å². The predicted octanol–water partition coefficient (Wildman–Crippen LogP) is -0.814. The maximum atomic E-state index is 14.2. The van der Waals surface area contributed by atoms with Gasteiger partial charge < -0.3 is 20.8 Å². The van der Waals surface area contributed by atoms with Gasteiger partial charge in [-0.1, -0.05) is 12.1 Å². The molecule has 1 aromatic heterocycles. The van der Waals surface area contributed by atoms with Crippen LogP contribution in [0.4, 0.5) is 10.2 Å². The van der Waals surface area contributed by atoms with Crippen LogP contribution >= 0.6 is 0 Å². The average Bonchev–Trinajstić information content (AvgIpc) is 2.46. The quantitative estimate of drug-likeness (QED) is 0.533. The summed E-state index contributed by atoms with van der Waals surface area (Å²) in [5.74, 6) is -1.27. The summed E-state index contributed by atoms with van der Waals surface area (Å²) in [6.07, 6.45) is 0. The molecule has 22 heavy (non-hydrogen) atoms. The van der Waals surface area contributed by atoms with E-state index in [4.69, 9.17) is 11.0 Å². The van der Waals surface area contributed by atoms with Crippen molar-refractivity contribution in [1.29, 1.82) is 10.5 Å². The van der Waals surface area contributed by atoms with Crippen molar-refractivity contribution in [3.63, 3.8) is 0 Å². The Morgan fingerprint density at radius 2 is 1.82 bits per heavy atom. The van der Waals surface area contributed by atoms with Crippen LogP contribution in [0, 0.1) is 28.5 Å². The standard InChI is InChI=1S/C13H8BFN4O3/c15-9-3-1-2-8(14(21)22)11(9)10-6(4-16)12(18)19-13(20)7(10)5-17/h1-3,21-22H,(H3,18,19,20). The van der Waals surface area contributed by atoms with Gasteiger partial charge in [0.1, 0.15) is 34.9 Å². The maximum absolute atomic E-state index is 14.2. The van der Waals surface area contributed by atoms with Gasteiger partial charge in [-0.15, -0.1) is 0 Å². The molecule has 0 fully saturated rings. The number of nitriles is 2. The first kappa shape index (κ1) is 15.3. The van der Waals surface area contributed by atoms with Crippen LogP contribution in [-0.2, 0) is 0 Å². The Balaban J connectivity index is 3.06. The van der Waals surface area contributed by atoms with Crippen molar-refractivity contribution in [1.82, 2.24) is 4.98 Å². The second kappa shape index (κ2) is 5.70. The van der Waals surface area contributed by atoms with E-state index in [9.17, 15) is 24.5 Å². The van der Waals surface area contributed by atoms with Gasteiger partial charge in [-0.05, 0) is 11.5 Å². The second-order valence-electron chi connectivity index (χ2n) is 4.29. The monoisotopic (exact) mass is 298 g/mol. The average molecular weight is 298 g/mol. The van der Waals surface area contributed by atoms with Gasteiger partial charge in [0.2, 0.25) is 0 Å². The first-order valence-corrected chi connectivity index (χ1v) is 5.93. The molecule has 108 valence electrons. The zero-order chi connectivity index (χ0) is 16.4. The van der Waals surface area contributed by atoms with E-state index in [2.05, 4.69) is 4.98 Å². The Labute approximate surface area is 123 Å². The molecule has 0 spiro atoms. The molecule has 0 aliphatic heterocycles. The Morgan fingerprint density at radius 1 is 1.18 bits per heavy atom. The minimum atomic E-state index is -2.07. The highest BCUT2D eigenvalue weighted by Crippen LogP contribution is 2.29. The number of nitrogens with one attached hydrogen (secondary N) is 1. The van der Waals surface area contributed by atoms with E-state index in [1.54, 1.807) is 12.1 Å². The van der Waals surface area contributed by atoms with Gasteiger partial charge in [0.05, 0.1) is 0 Å². The Hall–Kier alpha value is -3.14. The highest BCUT2D eigenvalue weighted by molar-refractivity contribution is 6.60. The Bertz CT molecular complexity index is 896. The lowest BCUT2D eigenvalue weighted by atomic mass is 9.74. The van der Waals surface area contributed by atoms with Crippen molar-refractivity contribution < 1.29 is 14.4 Å². The van der Waals surface area contributed by atoms with E-state index in [0.29, 0.717) is 0 Å². The molecular formula is C13H8BFN4O3. The van der Waals surface area contributed by atoms with Crippen LogP contribution in [0.1, 0.15) is 11.1 Å². The molecule has 7 nitrogen and oxygen atoms in total. The molecule has 2 aromatic rings. The number of aromatic nitrogens is 1. The third kappa shape index (κ3) is 2.31. The number of halogens is 1. The zero-order valence-electron chi connectivity index (χ0n) is 11.0. The largest absolute Gasteiger partial charge is 0.489 e. The number of nitrogen functional groups attached to an aromatic ring is 1. The summed E-state index contributed by atoms with van der Waals surface area (Å²) in [4.78, 5) is 13.9. The molecule has 0 unspecified atom stereocenters. The highest BCUT2D eigenvalue weighted by Gasteiger charge is 2.26. The number of benzene rings is 1. The van der Waals surface area contributed by atoms with Crippen molar-refractivity contribution in [3.8, 4) is 23.3 Å². The minimum absolute atomic E-state index is 0.294. The van der Waals surface area contributed by atoms with Crippen molar-refractivity contribution in [2.24, 2.45) is 0 Å². The summed E-state index contributed by atoms with van der Waals surface area (Å²) in [5, 5.41) is 37.0. The number of rotatable bonds is 2. The Kier molecular flexibility index (Phi) is 3.95. The lowest BCUT2D eigenvalue weighted by Gasteiger charge is -2.13. The summed E-state index contributed by atoms with van der Waals surface area (Å²) in [5.41, 5.74) is 2.66. The van der Waals surface area contributed by atoms with Gasteiger partial charge in [-0.25, -0.2) is 4.39 Å². The molecule has 0 saturated carbocycles. The van der Waals surface area contributed by atoms with Crippen molar-refractivity contribution >= 4 is 18.4 Å². The number of nitrogens with zero attached hydrogens (tertiary/aromatic N) is 2. The first-order valence-electron chi connectivity index (χ1n) is 5.93. The van der Waals surface area contributed by atoms with Crippen molar-refractivity contribution in [3.05, 3.63) is 45.5 Å². The number of H-pyrrole nitrogens is 1. The van der Waals surface area contributed by atoms with Gasteiger partial charge in [-0.2, -0.15) is 10.5 Å². The van der Waals surface area contributed by atoms with E-state index >= 15 is 0 Å². The summed E-state index contributed by atoms with van der Waals surface area (Å²) in [7, 11) is -2.07. The van der Waals surface area contributed by atoms with Crippen LogP contribution in [0.5, 0.6) is 0 Å². The smallest absolute Gasteiger partial charge is 0.423 e. The summed E-state index contributed by atoms with van der Waals surface area (Å²) in [6.45, 7) is 0. The van der Waals surface area contributed by atoms with Crippen molar-refractivity contribution in [2.45, 2.75) is 0 Å². The van der Waals surface area contributed by atoms with Crippen LogP contribution in [-0.4, -0.2) is 22.2 Å². The fourth-order valence-electron chi connectivity index (χ4n) is 2.11. The molecule has 0 amide bonds. The molecular weight excluding hydrogens is 290 g/mol. The van der Waals surface area contributed by atoms with Gasteiger partial charge in [-0.3, -0.25) is 4.79 Å². The fourth-order valence-corrected chi connectivity index (χ4v) is 2.11. The topological polar surface area (TPSA) is 147 Å². The molecule has 0 radical (unpaired) electrons. The SMILES string of the molecule is N#Cc1c(N)[nH]c(=O)c(C#N)c1-c1c(F)cccc1B(O)O. The molecule has 0 aliphatic rings. The third-order valence-corrected chi connectivity index (χ3v) is 3.04. The number of pyridine rings is 1. The number of anilines is 1. The van der Waals surface area contributed by atoms with Gasteiger partial charge in [0.25, 0.3) is 5.56 Å². The molecule has 9 heteroatoms. The van der Waals surface area contributed by atoms with Crippen LogP contribution in [0.25, 0.3) is 11.1 Å². The lowest BCUT2D eigenvalue weighted by Crippen LogP contribution is -2.33. The third-order valence-electron chi connectivity index (χ3n) is 3.04. The number of hydrogen-bond donors (Lipinski definition) is 4. The van der Waals surface area contributed by atoms with E-state index in [-0.39, 0.29) is 22.4 Å². The Morgan fingerprint density at radius 3 is 2.36 bits per heavy atom.